The minimum atomic E-state index is -0.0873. The number of amides is 2. The van der Waals surface area contributed by atoms with E-state index < -0.39 is 0 Å². The minimum absolute atomic E-state index is 0.0226. The van der Waals surface area contributed by atoms with Crippen molar-refractivity contribution in [2.45, 2.75) is 19.8 Å². The molecule has 1 saturated heterocycles. The molecule has 0 aromatic heterocycles. The maximum atomic E-state index is 11.3. The van der Waals surface area contributed by atoms with E-state index in [0.717, 1.165) is 12.8 Å². The SMILES string of the molecule is CONC(=O)C1CCN(C(C)=O)CC1. The topological polar surface area (TPSA) is 58.6 Å². The zero-order chi connectivity index (χ0) is 10.6. The second-order valence-corrected chi connectivity index (χ2v) is 3.45. The number of carbonyl (C=O) groups excluding carboxylic acids is 2. The fourth-order valence-corrected chi connectivity index (χ4v) is 1.64. The third-order valence-corrected chi connectivity index (χ3v) is 2.51. The monoisotopic (exact) mass is 200 g/mol. The summed E-state index contributed by atoms with van der Waals surface area (Å²) in [7, 11) is 1.42. The Morgan fingerprint density at radius 1 is 1.36 bits per heavy atom. The highest BCUT2D eigenvalue weighted by Crippen LogP contribution is 2.17. The zero-order valence-electron chi connectivity index (χ0n) is 8.58. The van der Waals surface area contributed by atoms with E-state index in [0.29, 0.717) is 13.1 Å². The molecule has 1 N–H and O–H groups in total. The van der Waals surface area contributed by atoms with Crippen LogP contribution in [0.3, 0.4) is 0 Å². The van der Waals surface area contributed by atoms with Gasteiger partial charge in [-0.3, -0.25) is 14.4 Å². The van der Waals surface area contributed by atoms with Crippen LogP contribution in [0.5, 0.6) is 0 Å². The Morgan fingerprint density at radius 3 is 2.36 bits per heavy atom. The first-order valence-electron chi connectivity index (χ1n) is 4.73. The number of hydrogen-bond donors (Lipinski definition) is 1. The van der Waals surface area contributed by atoms with Crippen LogP contribution in [0.25, 0.3) is 0 Å². The molecule has 1 heterocycles. The fraction of sp³-hybridized carbons (Fsp3) is 0.778. The van der Waals surface area contributed by atoms with Gasteiger partial charge >= 0.3 is 0 Å². The number of nitrogens with one attached hydrogen (secondary N) is 1. The van der Waals surface area contributed by atoms with Gasteiger partial charge in [-0.05, 0) is 12.8 Å². The lowest BCUT2D eigenvalue weighted by Crippen LogP contribution is -2.42. The van der Waals surface area contributed by atoms with E-state index in [4.69, 9.17) is 0 Å². The molecule has 0 bridgehead atoms. The Balaban J connectivity index is 2.35. The summed E-state index contributed by atoms with van der Waals surface area (Å²) in [5.41, 5.74) is 2.32. The average molecular weight is 200 g/mol. The second-order valence-electron chi connectivity index (χ2n) is 3.45. The summed E-state index contributed by atoms with van der Waals surface area (Å²) >= 11 is 0. The van der Waals surface area contributed by atoms with Gasteiger partial charge < -0.3 is 4.90 Å². The molecule has 0 aromatic rings. The molecule has 5 nitrogen and oxygen atoms in total. The molecule has 0 aliphatic carbocycles. The summed E-state index contributed by atoms with van der Waals surface area (Å²) in [6.07, 6.45) is 1.43. The number of hydroxylamine groups is 1. The predicted molar refractivity (Wildman–Crippen MR) is 50.1 cm³/mol. The van der Waals surface area contributed by atoms with Crippen LogP contribution in [0.15, 0.2) is 0 Å². The standard InChI is InChI=1S/C9H16N2O3/c1-7(12)11-5-3-8(4-6-11)9(13)10-14-2/h8H,3-6H2,1-2H3,(H,10,13). The van der Waals surface area contributed by atoms with Crippen LogP contribution >= 0.6 is 0 Å². The Morgan fingerprint density at radius 2 is 1.93 bits per heavy atom. The van der Waals surface area contributed by atoms with Crippen LogP contribution in [0.1, 0.15) is 19.8 Å². The van der Waals surface area contributed by atoms with Crippen molar-refractivity contribution in [1.29, 1.82) is 0 Å². The van der Waals surface area contributed by atoms with Gasteiger partial charge in [0.05, 0.1) is 7.11 Å². The fourth-order valence-electron chi connectivity index (χ4n) is 1.64. The highest BCUT2D eigenvalue weighted by atomic mass is 16.6. The lowest BCUT2D eigenvalue weighted by Gasteiger charge is -2.30. The first-order valence-corrected chi connectivity index (χ1v) is 4.73. The summed E-state index contributed by atoms with van der Waals surface area (Å²) < 4.78 is 0. The molecule has 80 valence electrons. The molecular weight excluding hydrogens is 184 g/mol. The van der Waals surface area contributed by atoms with Crippen molar-refractivity contribution in [1.82, 2.24) is 10.4 Å². The van der Waals surface area contributed by atoms with Crippen molar-refractivity contribution >= 4 is 11.8 Å². The Bertz CT molecular complexity index is 222. The zero-order valence-corrected chi connectivity index (χ0v) is 8.58. The molecule has 14 heavy (non-hydrogen) atoms. The van der Waals surface area contributed by atoms with Gasteiger partial charge in [-0.2, -0.15) is 0 Å². The number of rotatable bonds is 2. The van der Waals surface area contributed by atoms with Crippen LogP contribution in [-0.4, -0.2) is 36.9 Å². The molecule has 1 fully saturated rings. The van der Waals surface area contributed by atoms with E-state index in [2.05, 4.69) is 10.3 Å². The summed E-state index contributed by atoms with van der Waals surface area (Å²) in [5, 5.41) is 0. The molecule has 1 aliphatic rings. The molecule has 0 aromatic carbocycles. The molecule has 0 unspecified atom stereocenters. The molecule has 5 heteroatoms. The third-order valence-electron chi connectivity index (χ3n) is 2.51. The van der Waals surface area contributed by atoms with E-state index >= 15 is 0 Å². The Kier molecular flexibility index (Phi) is 3.88. The van der Waals surface area contributed by atoms with Gasteiger partial charge in [0.25, 0.3) is 0 Å². The van der Waals surface area contributed by atoms with Crippen molar-refractivity contribution < 1.29 is 14.4 Å². The normalized spacial score (nSPS) is 18.0. The maximum Gasteiger partial charge on any atom is 0.246 e. The van der Waals surface area contributed by atoms with Gasteiger partial charge in [0.15, 0.2) is 0 Å². The molecule has 0 saturated carbocycles. The molecule has 0 radical (unpaired) electrons. The number of nitrogens with zero attached hydrogens (tertiary/aromatic N) is 1. The second kappa shape index (κ2) is 4.95. The van der Waals surface area contributed by atoms with Gasteiger partial charge in [-0.15, -0.1) is 0 Å². The van der Waals surface area contributed by atoms with Crippen LogP contribution in [-0.2, 0) is 14.4 Å². The number of likely N-dealkylation sites (tertiary alicyclic amines) is 1. The van der Waals surface area contributed by atoms with E-state index in [1.165, 1.54) is 7.11 Å². The summed E-state index contributed by atoms with van der Waals surface area (Å²) in [5.74, 6) is -0.0307. The van der Waals surface area contributed by atoms with Gasteiger partial charge in [0.1, 0.15) is 0 Å². The first kappa shape index (κ1) is 11.0. The number of hydrogen-bond acceptors (Lipinski definition) is 3. The van der Waals surface area contributed by atoms with Gasteiger partial charge in [-0.1, -0.05) is 0 Å². The van der Waals surface area contributed by atoms with Crippen LogP contribution < -0.4 is 5.48 Å². The first-order chi connectivity index (χ1) is 6.65. The molecule has 0 spiro atoms. The molecular formula is C9H16N2O3. The van der Waals surface area contributed by atoms with E-state index in [9.17, 15) is 9.59 Å². The Labute approximate surface area is 83.4 Å². The highest BCUT2D eigenvalue weighted by Gasteiger charge is 2.25. The number of piperidine rings is 1. The highest BCUT2D eigenvalue weighted by molar-refractivity contribution is 5.78. The largest absolute Gasteiger partial charge is 0.343 e. The van der Waals surface area contributed by atoms with E-state index in [1.807, 2.05) is 0 Å². The smallest absolute Gasteiger partial charge is 0.246 e. The van der Waals surface area contributed by atoms with Crippen LogP contribution in [0.2, 0.25) is 0 Å². The van der Waals surface area contributed by atoms with Gasteiger partial charge in [0, 0.05) is 25.9 Å². The molecule has 2 amide bonds. The van der Waals surface area contributed by atoms with Gasteiger partial charge in [0.2, 0.25) is 11.8 Å². The minimum Gasteiger partial charge on any atom is -0.343 e. The van der Waals surface area contributed by atoms with E-state index in [-0.39, 0.29) is 17.7 Å². The van der Waals surface area contributed by atoms with E-state index in [1.54, 1.807) is 11.8 Å². The van der Waals surface area contributed by atoms with Crippen molar-refractivity contribution in [3.05, 3.63) is 0 Å². The lowest BCUT2D eigenvalue weighted by atomic mass is 9.96. The number of carbonyl (C=O) groups is 2. The van der Waals surface area contributed by atoms with Crippen molar-refractivity contribution in [3.8, 4) is 0 Å². The molecule has 1 rings (SSSR count). The maximum absolute atomic E-state index is 11.3. The lowest BCUT2D eigenvalue weighted by molar-refractivity contribution is -0.139. The van der Waals surface area contributed by atoms with Crippen molar-refractivity contribution in [3.63, 3.8) is 0 Å². The van der Waals surface area contributed by atoms with Gasteiger partial charge in [-0.25, -0.2) is 5.48 Å². The van der Waals surface area contributed by atoms with Crippen LogP contribution in [0.4, 0.5) is 0 Å². The quantitative estimate of drug-likeness (QED) is 0.634. The van der Waals surface area contributed by atoms with Crippen LogP contribution in [0, 0.1) is 5.92 Å². The van der Waals surface area contributed by atoms with Crippen molar-refractivity contribution in [2.24, 2.45) is 5.92 Å². The summed E-state index contributed by atoms with van der Waals surface area (Å²) in [6.45, 7) is 2.88. The average Bonchev–Trinajstić information content (AvgIpc) is 2.18. The Hall–Kier alpha value is -1.10. The molecule has 0 atom stereocenters. The summed E-state index contributed by atoms with van der Waals surface area (Å²) in [4.78, 5) is 28.6. The summed E-state index contributed by atoms with van der Waals surface area (Å²) in [6, 6.07) is 0. The molecule has 1 aliphatic heterocycles. The van der Waals surface area contributed by atoms with Crippen molar-refractivity contribution in [2.75, 3.05) is 20.2 Å². The third kappa shape index (κ3) is 2.70. The predicted octanol–water partition coefficient (Wildman–Crippen LogP) is -0.0775.